The molecule has 0 aliphatic rings. The number of ether oxygens (including phenoxy) is 1. The second kappa shape index (κ2) is 8.71. The molecule has 0 spiro atoms. The van der Waals surface area contributed by atoms with Gasteiger partial charge in [0, 0.05) is 0 Å². The number of amides is 1. The molecule has 0 bridgehead atoms. The van der Waals surface area contributed by atoms with Gasteiger partial charge in [0.1, 0.15) is 10.9 Å². The summed E-state index contributed by atoms with van der Waals surface area (Å²) in [4.78, 5) is 12.0. The minimum Gasteiger partial charge on any atom is -0.483 e. The molecule has 2 aromatic carbocycles. The lowest BCUT2D eigenvalue weighted by molar-refractivity contribution is -0.123. The average Bonchev–Trinajstić information content (AvgIpc) is 2.98. The van der Waals surface area contributed by atoms with E-state index in [1.807, 2.05) is 69.3 Å². The Morgan fingerprint density at radius 2 is 1.93 bits per heavy atom. The molecular formula is C21H21ClN4O2. The number of halogens is 1. The molecule has 1 amide bonds. The Bertz CT molecular complexity index is 1010. The van der Waals surface area contributed by atoms with Crippen LogP contribution in [0.3, 0.4) is 0 Å². The average molecular weight is 397 g/mol. The first-order valence-electron chi connectivity index (χ1n) is 8.79. The lowest BCUT2D eigenvalue weighted by Gasteiger charge is -2.09. The van der Waals surface area contributed by atoms with Crippen LogP contribution in [0.5, 0.6) is 5.75 Å². The van der Waals surface area contributed by atoms with Crippen molar-refractivity contribution in [3.8, 4) is 11.4 Å². The molecule has 0 saturated carbocycles. The molecule has 6 nitrogen and oxygen atoms in total. The van der Waals surface area contributed by atoms with Gasteiger partial charge in [0.15, 0.2) is 6.61 Å². The third kappa shape index (κ3) is 4.40. The highest BCUT2D eigenvalue weighted by Gasteiger charge is 2.13. The first kappa shape index (κ1) is 19.6. The van der Waals surface area contributed by atoms with Crippen LogP contribution in [0.4, 0.5) is 0 Å². The minimum atomic E-state index is -0.360. The number of hydrogen-bond acceptors (Lipinski definition) is 4. The Kier molecular flexibility index (Phi) is 6.11. The minimum absolute atomic E-state index is 0.127. The monoisotopic (exact) mass is 396 g/mol. The molecule has 1 N–H and O–H groups in total. The summed E-state index contributed by atoms with van der Waals surface area (Å²) in [7, 11) is 0. The van der Waals surface area contributed by atoms with E-state index in [0.29, 0.717) is 22.2 Å². The van der Waals surface area contributed by atoms with Crippen LogP contribution >= 0.6 is 11.6 Å². The van der Waals surface area contributed by atoms with Crippen molar-refractivity contribution in [1.29, 1.82) is 0 Å². The van der Waals surface area contributed by atoms with Crippen molar-refractivity contribution in [2.45, 2.75) is 20.8 Å². The topological polar surface area (TPSA) is 68.5 Å². The summed E-state index contributed by atoms with van der Waals surface area (Å²) in [6, 6.07) is 15.3. The molecule has 1 aromatic heterocycles. The molecule has 0 unspecified atom stereocenters. The number of hydrogen-bond donors (Lipinski definition) is 1. The molecule has 3 rings (SSSR count). The van der Waals surface area contributed by atoms with Gasteiger partial charge in [-0.05, 0) is 50.1 Å². The number of nitrogens with zero attached hydrogens (tertiary/aromatic N) is 3. The number of aromatic nitrogens is 2. The summed E-state index contributed by atoms with van der Waals surface area (Å²) in [5, 5.41) is 8.83. The Balaban J connectivity index is 1.62. The molecule has 0 aliphatic heterocycles. The van der Waals surface area contributed by atoms with Gasteiger partial charge in [0.25, 0.3) is 5.91 Å². The maximum atomic E-state index is 12.0. The summed E-state index contributed by atoms with van der Waals surface area (Å²) < 4.78 is 7.19. The Morgan fingerprint density at radius 1 is 1.18 bits per heavy atom. The van der Waals surface area contributed by atoms with Gasteiger partial charge in [-0.2, -0.15) is 10.2 Å². The van der Waals surface area contributed by atoms with Gasteiger partial charge in [-0.25, -0.2) is 10.1 Å². The van der Waals surface area contributed by atoms with Crippen LogP contribution in [-0.4, -0.2) is 28.5 Å². The lowest BCUT2D eigenvalue weighted by Crippen LogP contribution is -2.24. The van der Waals surface area contributed by atoms with Crippen LogP contribution in [0.25, 0.3) is 5.69 Å². The SMILES string of the molecule is Cc1cccc(OCC(=O)NN=Cc2c(C)nn(-c3ccccc3)c2Cl)c1C. The van der Waals surface area contributed by atoms with Crippen LogP contribution in [0.15, 0.2) is 53.6 Å². The van der Waals surface area contributed by atoms with Gasteiger partial charge < -0.3 is 4.74 Å². The van der Waals surface area contributed by atoms with Crippen LogP contribution in [0.1, 0.15) is 22.4 Å². The number of rotatable bonds is 6. The van der Waals surface area contributed by atoms with Gasteiger partial charge in [-0.3, -0.25) is 4.79 Å². The van der Waals surface area contributed by atoms with Gasteiger partial charge in [-0.15, -0.1) is 0 Å². The standard InChI is InChI=1S/C21H21ClN4O2/c1-14-8-7-11-19(15(14)2)28-13-20(27)24-23-12-18-16(3)25-26(21(18)22)17-9-5-4-6-10-17/h4-12H,13H2,1-3H3,(H,24,27). The first-order valence-corrected chi connectivity index (χ1v) is 9.16. The Labute approximate surface area is 168 Å². The number of carbonyl (C=O) groups is 1. The van der Waals surface area contributed by atoms with E-state index in [4.69, 9.17) is 16.3 Å². The third-order valence-corrected chi connectivity index (χ3v) is 4.71. The summed E-state index contributed by atoms with van der Waals surface area (Å²) in [6.07, 6.45) is 1.49. The molecule has 144 valence electrons. The molecule has 28 heavy (non-hydrogen) atoms. The van der Waals surface area contributed by atoms with E-state index < -0.39 is 0 Å². The molecule has 0 saturated heterocycles. The third-order valence-electron chi connectivity index (χ3n) is 4.35. The zero-order chi connectivity index (χ0) is 20.1. The van der Waals surface area contributed by atoms with Gasteiger partial charge in [0.05, 0.1) is 23.2 Å². The highest BCUT2D eigenvalue weighted by Crippen LogP contribution is 2.22. The molecule has 0 atom stereocenters. The molecule has 1 heterocycles. The zero-order valence-corrected chi connectivity index (χ0v) is 16.7. The summed E-state index contributed by atoms with van der Waals surface area (Å²) in [5.74, 6) is 0.323. The first-order chi connectivity index (χ1) is 13.5. The van der Waals surface area contributed by atoms with Gasteiger partial charge >= 0.3 is 0 Å². The van der Waals surface area contributed by atoms with Gasteiger partial charge in [0.2, 0.25) is 0 Å². The second-order valence-electron chi connectivity index (χ2n) is 6.32. The lowest BCUT2D eigenvalue weighted by atomic mass is 10.1. The van der Waals surface area contributed by atoms with E-state index in [1.165, 1.54) is 6.21 Å². The fraction of sp³-hybridized carbons (Fsp3) is 0.190. The fourth-order valence-electron chi connectivity index (χ4n) is 2.62. The normalized spacial score (nSPS) is 11.0. The Hall–Kier alpha value is -3.12. The highest BCUT2D eigenvalue weighted by atomic mass is 35.5. The van der Waals surface area contributed by atoms with E-state index in [-0.39, 0.29) is 12.5 Å². The van der Waals surface area contributed by atoms with Crippen LogP contribution < -0.4 is 10.2 Å². The predicted octanol–water partition coefficient (Wildman–Crippen LogP) is 3.98. The van der Waals surface area contributed by atoms with Crippen molar-refractivity contribution in [1.82, 2.24) is 15.2 Å². The van der Waals surface area contributed by atoms with Crippen molar-refractivity contribution in [2.75, 3.05) is 6.61 Å². The van der Waals surface area contributed by atoms with E-state index in [1.54, 1.807) is 4.68 Å². The molecule has 7 heteroatoms. The highest BCUT2D eigenvalue weighted by molar-refractivity contribution is 6.32. The summed E-state index contributed by atoms with van der Waals surface area (Å²) in [5.41, 5.74) is 6.76. The molecule has 3 aromatic rings. The zero-order valence-electron chi connectivity index (χ0n) is 15.9. The van der Waals surface area contributed by atoms with E-state index in [9.17, 15) is 4.79 Å². The van der Waals surface area contributed by atoms with Crippen molar-refractivity contribution < 1.29 is 9.53 Å². The molecule has 0 aliphatic carbocycles. The van der Waals surface area contributed by atoms with Crippen molar-refractivity contribution in [3.05, 3.63) is 76.1 Å². The second-order valence-corrected chi connectivity index (χ2v) is 6.68. The maximum Gasteiger partial charge on any atom is 0.277 e. The van der Waals surface area contributed by atoms with Crippen LogP contribution in [0, 0.1) is 20.8 Å². The fourth-order valence-corrected chi connectivity index (χ4v) is 2.94. The number of aryl methyl sites for hydroxylation is 2. The molecular weight excluding hydrogens is 376 g/mol. The van der Waals surface area contributed by atoms with Crippen molar-refractivity contribution in [2.24, 2.45) is 5.10 Å². The number of carbonyl (C=O) groups excluding carboxylic acids is 1. The van der Waals surface area contributed by atoms with E-state index >= 15 is 0 Å². The van der Waals surface area contributed by atoms with E-state index in [2.05, 4.69) is 15.6 Å². The smallest absolute Gasteiger partial charge is 0.277 e. The summed E-state index contributed by atoms with van der Waals surface area (Å²) >= 11 is 6.42. The number of benzene rings is 2. The van der Waals surface area contributed by atoms with Crippen LogP contribution in [0.2, 0.25) is 5.15 Å². The molecule has 0 fully saturated rings. The van der Waals surface area contributed by atoms with Crippen molar-refractivity contribution >= 4 is 23.7 Å². The number of nitrogens with one attached hydrogen (secondary N) is 1. The largest absolute Gasteiger partial charge is 0.483 e. The predicted molar refractivity (Wildman–Crippen MR) is 110 cm³/mol. The number of para-hydroxylation sites is 1. The quantitative estimate of drug-likeness (QED) is 0.506. The van der Waals surface area contributed by atoms with Crippen LogP contribution in [-0.2, 0) is 4.79 Å². The molecule has 0 radical (unpaired) electrons. The maximum absolute atomic E-state index is 12.0. The number of hydrazone groups is 1. The summed E-state index contributed by atoms with van der Waals surface area (Å²) in [6.45, 7) is 5.65. The van der Waals surface area contributed by atoms with Crippen molar-refractivity contribution in [3.63, 3.8) is 0 Å². The Morgan fingerprint density at radius 3 is 2.68 bits per heavy atom. The van der Waals surface area contributed by atoms with E-state index in [0.717, 1.165) is 16.8 Å². The van der Waals surface area contributed by atoms with Gasteiger partial charge in [-0.1, -0.05) is 41.9 Å².